The summed E-state index contributed by atoms with van der Waals surface area (Å²) in [6.07, 6.45) is 31.5. The van der Waals surface area contributed by atoms with E-state index in [1.807, 2.05) is 20.8 Å². The van der Waals surface area contributed by atoms with Crippen LogP contribution in [0.5, 0.6) is 5.75 Å². The molecule has 0 aliphatic carbocycles. The highest BCUT2D eigenvalue weighted by Gasteiger charge is 2.29. The quantitative estimate of drug-likeness (QED) is 0.0535. The van der Waals surface area contributed by atoms with Crippen LogP contribution in [-0.4, -0.2) is 33.8 Å². The summed E-state index contributed by atoms with van der Waals surface area (Å²) in [5.74, 6) is -1.13. The predicted molar refractivity (Wildman–Crippen MR) is 186 cm³/mol. The first-order chi connectivity index (χ1) is 21.3. The molecule has 0 spiro atoms. The SMILES string of the molecule is CC/C=C\C/C=C\C/C=C\C/C=C\C/C=C\CCCCS[C@H](CC)C(=O)CC(CC(C)C)C(=O)Oc1ccccc1C(=O)O. The number of hydrogen-bond acceptors (Lipinski definition) is 5. The monoisotopic (exact) mass is 622 g/mol. The number of carbonyl (C=O) groups is 3. The summed E-state index contributed by atoms with van der Waals surface area (Å²) >= 11 is 1.67. The van der Waals surface area contributed by atoms with Gasteiger partial charge in [0.05, 0.1) is 11.2 Å². The van der Waals surface area contributed by atoms with Crippen LogP contribution in [0.3, 0.4) is 0 Å². The molecule has 1 aromatic carbocycles. The molecule has 1 N–H and O–H groups in total. The first kappa shape index (κ1) is 38.9. The number of carboxylic acid groups (broad SMARTS) is 1. The summed E-state index contributed by atoms with van der Waals surface area (Å²) in [5, 5.41) is 9.25. The molecule has 0 fully saturated rings. The highest BCUT2D eigenvalue weighted by molar-refractivity contribution is 8.00. The maximum absolute atomic E-state index is 13.2. The lowest BCUT2D eigenvalue weighted by atomic mass is 9.91. The number of Topliss-reactive ketones (excluding diaryl/α,β-unsaturated/α-hetero) is 1. The first-order valence-corrected chi connectivity index (χ1v) is 17.3. The molecular weight excluding hydrogens is 568 g/mol. The van der Waals surface area contributed by atoms with Gasteiger partial charge in [-0.15, -0.1) is 0 Å². The minimum atomic E-state index is -1.16. The van der Waals surface area contributed by atoms with Gasteiger partial charge in [0.2, 0.25) is 0 Å². The van der Waals surface area contributed by atoms with Crippen molar-refractivity contribution in [2.24, 2.45) is 11.8 Å². The van der Waals surface area contributed by atoms with Crippen molar-refractivity contribution in [3.05, 3.63) is 90.6 Å². The molecule has 0 aliphatic heterocycles. The number of ketones is 1. The number of hydrogen-bond donors (Lipinski definition) is 1. The van der Waals surface area contributed by atoms with Crippen molar-refractivity contribution in [2.75, 3.05) is 5.75 Å². The molecule has 1 rings (SSSR count). The number of unbranched alkanes of at least 4 members (excludes halogenated alkanes) is 2. The van der Waals surface area contributed by atoms with Gasteiger partial charge in [0, 0.05) is 6.42 Å². The van der Waals surface area contributed by atoms with E-state index in [2.05, 4.69) is 67.7 Å². The number of esters is 1. The van der Waals surface area contributed by atoms with Crippen molar-refractivity contribution in [2.45, 2.75) is 104 Å². The van der Waals surface area contributed by atoms with Crippen LogP contribution in [-0.2, 0) is 9.59 Å². The fourth-order valence-corrected chi connectivity index (χ4v) is 5.70. The van der Waals surface area contributed by atoms with Gasteiger partial charge in [-0.2, -0.15) is 11.8 Å². The van der Waals surface area contributed by atoms with Gasteiger partial charge in [0.1, 0.15) is 17.1 Å². The third-order valence-electron chi connectivity index (χ3n) is 6.84. The Labute approximate surface area is 270 Å². The number of ether oxygens (including phenoxy) is 1. The molecule has 6 heteroatoms. The summed E-state index contributed by atoms with van der Waals surface area (Å²) in [4.78, 5) is 37.7. The number of allylic oxidation sites excluding steroid dienone is 10. The summed E-state index contributed by atoms with van der Waals surface area (Å²) in [6, 6.07) is 6.09. The molecule has 2 atom stereocenters. The average molecular weight is 623 g/mol. The van der Waals surface area contributed by atoms with E-state index in [1.165, 1.54) is 12.1 Å². The average Bonchev–Trinajstić information content (AvgIpc) is 2.99. The second kappa shape index (κ2) is 25.2. The maximum Gasteiger partial charge on any atom is 0.339 e. The summed E-state index contributed by atoms with van der Waals surface area (Å²) in [7, 11) is 0. The van der Waals surface area contributed by atoms with Crippen LogP contribution >= 0.6 is 11.8 Å². The highest BCUT2D eigenvalue weighted by atomic mass is 32.2. The van der Waals surface area contributed by atoms with Crippen molar-refractivity contribution in [1.29, 1.82) is 0 Å². The Hall–Kier alpha value is -3.12. The van der Waals surface area contributed by atoms with Crippen molar-refractivity contribution < 1.29 is 24.2 Å². The Morgan fingerprint density at radius 3 is 1.93 bits per heavy atom. The highest BCUT2D eigenvalue weighted by Crippen LogP contribution is 2.26. The molecule has 0 saturated heterocycles. The van der Waals surface area contributed by atoms with Gasteiger partial charge in [0.15, 0.2) is 0 Å². The molecule has 0 aromatic heterocycles. The largest absolute Gasteiger partial charge is 0.478 e. The lowest BCUT2D eigenvalue weighted by molar-refractivity contribution is -0.141. The molecule has 0 radical (unpaired) electrons. The zero-order valence-corrected chi connectivity index (χ0v) is 28.1. The summed E-state index contributed by atoms with van der Waals surface area (Å²) in [6.45, 7) is 8.15. The molecule has 242 valence electrons. The predicted octanol–water partition coefficient (Wildman–Crippen LogP) is 10.3. The molecule has 0 heterocycles. The Kier molecular flexibility index (Phi) is 22.3. The maximum atomic E-state index is 13.2. The third-order valence-corrected chi connectivity index (χ3v) is 8.36. The van der Waals surface area contributed by atoms with E-state index in [0.29, 0.717) is 12.8 Å². The van der Waals surface area contributed by atoms with E-state index in [0.717, 1.165) is 57.1 Å². The van der Waals surface area contributed by atoms with Gasteiger partial charge in [-0.1, -0.05) is 101 Å². The zero-order chi connectivity index (χ0) is 32.4. The Bertz CT molecular complexity index is 1110. The molecule has 0 aliphatic rings. The fourth-order valence-electron chi connectivity index (χ4n) is 4.53. The number of carbonyl (C=O) groups excluding carboxylic acids is 2. The van der Waals surface area contributed by atoms with E-state index in [1.54, 1.807) is 23.9 Å². The van der Waals surface area contributed by atoms with Crippen LogP contribution in [0.1, 0.15) is 109 Å². The van der Waals surface area contributed by atoms with Crippen LogP contribution in [0.4, 0.5) is 0 Å². The number of rotatable bonds is 24. The van der Waals surface area contributed by atoms with Crippen LogP contribution in [0.15, 0.2) is 85.0 Å². The summed E-state index contributed by atoms with van der Waals surface area (Å²) < 4.78 is 5.49. The lowest BCUT2D eigenvalue weighted by Crippen LogP contribution is -2.29. The van der Waals surface area contributed by atoms with Crippen molar-refractivity contribution >= 4 is 29.5 Å². The molecule has 0 amide bonds. The molecule has 1 unspecified atom stereocenters. The number of thioether (sulfide) groups is 1. The van der Waals surface area contributed by atoms with Crippen molar-refractivity contribution in [3.8, 4) is 5.75 Å². The minimum Gasteiger partial charge on any atom is -0.478 e. The van der Waals surface area contributed by atoms with E-state index in [4.69, 9.17) is 4.74 Å². The smallest absolute Gasteiger partial charge is 0.339 e. The molecule has 1 aromatic rings. The molecule has 0 saturated carbocycles. The molecule has 44 heavy (non-hydrogen) atoms. The topological polar surface area (TPSA) is 80.7 Å². The normalized spacial score (nSPS) is 13.7. The van der Waals surface area contributed by atoms with Gasteiger partial charge in [-0.05, 0) is 88.0 Å². The number of para-hydroxylation sites is 1. The lowest BCUT2D eigenvalue weighted by Gasteiger charge is -2.20. The van der Waals surface area contributed by atoms with Gasteiger partial charge < -0.3 is 9.84 Å². The van der Waals surface area contributed by atoms with Crippen LogP contribution in [0, 0.1) is 11.8 Å². The van der Waals surface area contributed by atoms with Gasteiger partial charge in [-0.3, -0.25) is 9.59 Å². The third kappa shape index (κ3) is 18.5. The molecular formula is C38H54O5S. The van der Waals surface area contributed by atoms with E-state index in [-0.39, 0.29) is 34.7 Å². The van der Waals surface area contributed by atoms with Crippen LogP contribution in [0.25, 0.3) is 0 Å². The number of aromatic carboxylic acids is 1. The zero-order valence-electron chi connectivity index (χ0n) is 27.3. The van der Waals surface area contributed by atoms with Gasteiger partial charge in [0.25, 0.3) is 0 Å². The molecule has 0 bridgehead atoms. The van der Waals surface area contributed by atoms with Gasteiger partial charge >= 0.3 is 11.9 Å². The molecule has 5 nitrogen and oxygen atoms in total. The Morgan fingerprint density at radius 2 is 1.39 bits per heavy atom. The number of carboxylic acids is 1. The summed E-state index contributed by atoms with van der Waals surface area (Å²) in [5.41, 5.74) is -0.0675. The number of benzene rings is 1. The van der Waals surface area contributed by atoms with Crippen molar-refractivity contribution in [3.63, 3.8) is 0 Å². The standard InChI is InChI=1S/C38H54O5S/c1-5-7-8-9-10-11-12-13-14-15-16-17-18-19-20-21-22-25-28-44-36(6-2)34(39)30-32(29-31(3)4)38(42)43-35-27-24-23-26-33(35)37(40)41/h7-8,10-11,13-14,16-17,19-20,23-24,26-27,31-32,36H,5-6,9,12,15,18,21-22,25,28-30H2,1-4H3,(H,40,41)/b8-7-,11-10-,14-13-,17-16-,20-19-/t32?,36-/m1/s1. The van der Waals surface area contributed by atoms with Crippen LogP contribution in [0.2, 0.25) is 0 Å². The first-order valence-electron chi connectivity index (χ1n) is 16.2. The van der Waals surface area contributed by atoms with E-state index >= 15 is 0 Å². The minimum absolute atomic E-state index is 0.0140. The second-order valence-corrected chi connectivity index (χ2v) is 12.5. The Morgan fingerprint density at radius 1 is 0.818 bits per heavy atom. The Balaban J connectivity index is 2.35. The van der Waals surface area contributed by atoms with Crippen molar-refractivity contribution in [1.82, 2.24) is 0 Å². The van der Waals surface area contributed by atoms with E-state index in [9.17, 15) is 19.5 Å². The van der Waals surface area contributed by atoms with Gasteiger partial charge in [-0.25, -0.2) is 4.79 Å². The fraction of sp³-hybridized carbons (Fsp3) is 0.500. The van der Waals surface area contributed by atoms with Crippen LogP contribution < -0.4 is 4.74 Å². The van der Waals surface area contributed by atoms with E-state index < -0.39 is 17.9 Å². The second-order valence-electron chi connectivity index (χ2n) is 11.2.